The number of nitro benzene ring substituents is 1. The first-order chi connectivity index (χ1) is 13.9. The molecule has 0 aliphatic heterocycles. The summed E-state index contributed by atoms with van der Waals surface area (Å²) in [5.74, 6) is -0.586. The lowest BCUT2D eigenvalue weighted by atomic mass is 10.2. The van der Waals surface area contributed by atoms with Crippen LogP contribution in [0.3, 0.4) is 0 Å². The fourth-order valence-electron chi connectivity index (χ4n) is 2.53. The zero-order valence-corrected chi connectivity index (χ0v) is 15.9. The lowest BCUT2D eigenvalue weighted by Gasteiger charge is -2.09. The average Bonchev–Trinajstić information content (AvgIpc) is 2.69. The van der Waals surface area contributed by atoms with E-state index >= 15 is 0 Å². The van der Waals surface area contributed by atoms with E-state index < -0.39 is 22.0 Å². The summed E-state index contributed by atoms with van der Waals surface area (Å²) in [6, 6.07) is 11.9. The van der Waals surface area contributed by atoms with Gasteiger partial charge in [0.15, 0.2) is 5.69 Å². The van der Waals surface area contributed by atoms with Crippen LogP contribution in [-0.4, -0.2) is 27.2 Å². The molecule has 0 radical (unpaired) electrons. The molecule has 0 saturated carbocycles. The number of nitrogens with one attached hydrogen (secondary N) is 1. The molecular weight excluding hydrogens is 400 g/mol. The van der Waals surface area contributed by atoms with Gasteiger partial charge in [-0.1, -0.05) is 17.7 Å². The summed E-state index contributed by atoms with van der Waals surface area (Å²) in [5.41, 5.74) is -0.957. The van der Waals surface area contributed by atoms with Crippen LogP contribution in [0.25, 0.3) is 5.69 Å². The van der Waals surface area contributed by atoms with Gasteiger partial charge in [-0.25, -0.2) is 4.68 Å². The van der Waals surface area contributed by atoms with Crippen molar-refractivity contribution in [2.24, 2.45) is 0 Å². The molecule has 0 aliphatic rings. The number of hydrogen-bond donors (Lipinski definition) is 1. The Morgan fingerprint density at radius 1 is 1.28 bits per heavy atom. The van der Waals surface area contributed by atoms with Gasteiger partial charge in [-0.2, -0.15) is 5.10 Å². The smallest absolute Gasteiger partial charge is 0.296 e. The highest BCUT2D eigenvalue weighted by Gasteiger charge is 2.20. The topological polar surface area (TPSA) is 116 Å². The third-order valence-corrected chi connectivity index (χ3v) is 4.06. The highest BCUT2D eigenvalue weighted by molar-refractivity contribution is 6.30. The van der Waals surface area contributed by atoms with Crippen LogP contribution >= 0.6 is 11.6 Å². The molecule has 0 bridgehead atoms. The third kappa shape index (κ3) is 4.58. The molecule has 0 atom stereocenters. The van der Waals surface area contributed by atoms with Crippen molar-refractivity contribution in [3.63, 3.8) is 0 Å². The molecule has 1 aromatic heterocycles. The van der Waals surface area contributed by atoms with Gasteiger partial charge < -0.3 is 10.1 Å². The van der Waals surface area contributed by atoms with Crippen LogP contribution in [0.4, 0.5) is 11.4 Å². The van der Waals surface area contributed by atoms with Gasteiger partial charge in [0.2, 0.25) is 5.43 Å². The van der Waals surface area contributed by atoms with E-state index in [-0.39, 0.29) is 11.4 Å². The minimum atomic E-state index is -0.876. The second-order valence-corrected chi connectivity index (χ2v) is 6.21. The number of ether oxygens (including phenoxy) is 1. The largest absolute Gasteiger partial charge is 0.494 e. The molecule has 3 rings (SSSR count). The van der Waals surface area contributed by atoms with Crippen LogP contribution in [0.2, 0.25) is 5.02 Å². The van der Waals surface area contributed by atoms with Gasteiger partial charge >= 0.3 is 0 Å². The van der Waals surface area contributed by atoms with Gasteiger partial charge in [-0.3, -0.25) is 19.7 Å². The predicted octanol–water partition coefficient (Wildman–Crippen LogP) is 3.45. The highest BCUT2D eigenvalue weighted by atomic mass is 35.5. The molecular formula is C19H15ClN4O5. The van der Waals surface area contributed by atoms with Crippen molar-refractivity contribution in [2.75, 3.05) is 11.9 Å². The summed E-state index contributed by atoms with van der Waals surface area (Å²) >= 11 is 5.96. The maximum absolute atomic E-state index is 12.6. The fraction of sp³-hybridized carbons (Fsp3) is 0.105. The number of benzene rings is 2. The molecule has 0 unspecified atom stereocenters. The van der Waals surface area contributed by atoms with Crippen molar-refractivity contribution in [3.8, 4) is 11.4 Å². The summed E-state index contributed by atoms with van der Waals surface area (Å²) in [5, 5.41) is 18.2. The number of nitro groups is 1. The van der Waals surface area contributed by atoms with Crippen LogP contribution in [0.1, 0.15) is 17.4 Å². The summed E-state index contributed by atoms with van der Waals surface area (Å²) in [7, 11) is 0. The monoisotopic (exact) mass is 414 g/mol. The molecule has 148 valence electrons. The summed E-state index contributed by atoms with van der Waals surface area (Å²) < 4.78 is 6.56. The van der Waals surface area contributed by atoms with E-state index in [9.17, 15) is 19.7 Å². The number of rotatable bonds is 6. The highest BCUT2D eigenvalue weighted by Crippen LogP contribution is 2.29. The number of aromatic nitrogens is 2. The Hall–Kier alpha value is -3.72. The average molecular weight is 415 g/mol. The third-order valence-electron chi connectivity index (χ3n) is 3.82. The summed E-state index contributed by atoms with van der Waals surface area (Å²) in [6.45, 7) is 2.08. The van der Waals surface area contributed by atoms with E-state index in [1.165, 1.54) is 35.1 Å². The second kappa shape index (κ2) is 8.53. The van der Waals surface area contributed by atoms with Gasteiger partial charge in [-0.15, -0.1) is 0 Å². The number of nitrogens with zero attached hydrogens (tertiary/aromatic N) is 3. The molecule has 3 aromatic rings. The van der Waals surface area contributed by atoms with Gasteiger partial charge in [-0.05, 0) is 37.3 Å². The normalized spacial score (nSPS) is 10.4. The lowest BCUT2D eigenvalue weighted by molar-refractivity contribution is -0.384. The van der Waals surface area contributed by atoms with Gasteiger partial charge in [0.1, 0.15) is 11.4 Å². The van der Waals surface area contributed by atoms with E-state index in [2.05, 4.69) is 10.4 Å². The predicted molar refractivity (Wildman–Crippen MR) is 107 cm³/mol. The van der Waals surface area contributed by atoms with Crippen molar-refractivity contribution in [3.05, 3.63) is 85.8 Å². The van der Waals surface area contributed by atoms with Crippen LogP contribution in [0, 0.1) is 10.1 Å². The van der Waals surface area contributed by atoms with E-state index in [0.717, 1.165) is 0 Å². The molecule has 1 amide bonds. The number of carbonyl (C=O) groups excluding carboxylic acids is 1. The molecule has 10 heteroatoms. The Labute approximate surface area is 169 Å². The first kappa shape index (κ1) is 20.0. The van der Waals surface area contributed by atoms with Gasteiger partial charge in [0.25, 0.3) is 11.6 Å². The van der Waals surface area contributed by atoms with Crippen LogP contribution in [0.15, 0.2) is 59.5 Å². The maximum Gasteiger partial charge on any atom is 0.296 e. The number of anilines is 1. The number of amides is 1. The molecule has 0 saturated heterocycles. The van der Waals surface area contributed by atoms with Crippen LogP contribution in [0.5, 0.6) is 5.75 Å². The first-order valence-electron chi connectivity index (χ1n) is 8.47. The minimum Gasteiger partial charge on any atom is -0.494 e. The Morgan fingerprint density at radius 2 is 2.07 bits per heavy atom. The molecule has 0 spiro atoms. The quantitative estimate of drug-likeness (QED) is 0.487. The standard InChI is InChI=1S/C19H15ClN4O5/c1-2-29-14-6-7-15(16(11-14)24(27)28)21-19(26)18-17(25)8-9-23(22-18)13-5-3-4-12(20)10-13/h3-11H,2H2,1H3,(H,21,26). The van der Waals surface area contributed by atoms with Gasteiger partial charge in [0, 0.05) is 17.3 Å². The molecule has 0 fully saturated rings. The van der Waals surface area contributed by atoms with Crippen LogP contribution < -0.4 is 15.5 Å². The lowest BCUT2D eigenvalue weighted by Crippen LogP contribution is -2.25. The van der Waals surface area contributed by atoms with E-state index in [0.29, 0.717) is 23.1 Å². The fourth-order valence-corrected chi connectivity index (χ4v) is 2.72. The molecule has 1 heterocycles. The Balaban J connectivity index is 1.94. The minimum absolute atomic E-state index is 0.0807. The number of carbonyl (C=O) groups is 1. The van der Waals surface area contributed by atoms with Crippen molar-refractivity contribution in [1.29, 1.82) is 0 Å². The van der Waals surface area contributed by atoms with Crippen molar-refractivity contribution in [1.82, 2.24) is 9.78 Å². The molecule has 2 aromatic carbocycles. The molecule has 0 aliphatic carbocycles. The number of halogens is 1. The van der Waals surface area contributed by atoms with Gasteiger partial charge in [0.05, 0.1) is 23.3 Å². The molecule has 9 nitrogen and oxygen atoms in total. The van der Waals surface area contributed by atoms with E-state index in [1.54, 1.807) is 31.2 Å². The van der Waals surface area contributed by atoms with Crippen LogP contribution in [-0.2, 0) is 0 Å². The second-order valence-electron chi connectivity index (χ2n) is 5.78. The Bertz CT molecular complexity index is 1150. The molecule has 29 heavy (non-hydrogen) atoms. The van der Waals surface area contributed by atoms with E-state index in [1.807, 2.05) is 0 Å². The molecule has 1 N–H and O–H groups in total. The first-order valence-corrected chi connectivity index (χ1v) is 8.85. The summed E-state index contributed by atoms with van der Waals surface area (Å²) in [6.07, 6.45) is 1.39. The maximum atomic E-state index is 12.6. The van der Waals surface area contributed by atoms with Crippen molar-refractivity contribution >= 4 is 28.9 Å². The van der Waals surface area contributed by atoms with Crippen molar-refractivity contribution < 1.29 is 14.5 Å². The Kier molecular flexibility index (Phi) is 5.89. The summed E-state index contributed by atoms with van der Waals surface area (Å²) in [4.78, 5) is 35.4. The zero-order valence-electron chi connectivity index (χ0n) is 15.2. The Morgan fingerprint density at radius 3 is 2.76 bits per heavy atom. The zero-order chi connectivity index (χ0) is 21.0. The van der Waals surface area contributed by atoms with Crippen molar-refractivity contribution in [2.45, 2.75) is 6.92 Å². The number of hydrogen-bond acceptors (Lipinski definition) is 6. The SMILES string of the molecule is CCOc1ccc(NC(=O)c2nn(-c3cccc(Cl)c3)ccc2=O)c([N+](=O)[O-])c1. The van der Waals surface area contributed by atoms with E-state index in [4.69, 9.17) is 16.3 Å².